The molecule has 0 fully saturated rings. The number of carboxylic acids is 1. The lowest BCUT2D eigenvalue weighted by Gasteiger charge is -2.15. The summed E-state index contributed by atoms with van der Waals surface area (Å²) >= 11 is 0. The fourth-order valence-electron chi connectivity index (χ4n) is 1.08. The first-order valence-corrected chi connectivity index (χ1v) is 6.45. The van der Waals surface area contributed by atoms with Crippen molar-refractivity contribution in [3.05, 3.63) is 0 Å². The fraction of sp³-hybridized carbons (Fsp3) is 0.875. The summed E-state index contributed by atoms with van der Waals surface area (Å²) in [5.74, 6) is -0.917. The molecule has 0 aliphatic carbocycles. The van der Waals surface area contributed by atoms with Crippen LogP contribution in [0.3, 0.4) is 0 Å². The molecule has 6 nitrogen and oxygen atoms in total. The Morgan fingerprint density at radius 2 is 2.07 bits per heavy atom. The molecule has 0 bridgehead atoms. The van der Waals surface area contributed by atoms with Crippen molar-refractivity contribution in [3.8, 4) is 0 Å². The van der Waals surface area contributed by atoms with Crippen LogP contribution in [0.4, 0.5) is 0 Å². The maximum absolute atomic E-state index is 11.0. The van der Waals surface area contributed by atoms with Crippen LogP contribution in [0.2, 0.25) is 0 Å². The molecule has 0 amide bonds. The third-order valence-electron chi connectivity index (χ3n) is 2.18. The summed E-state index contributed by atoms with van der Waals surface area (Å²) in [6.07, 6.45) is 2.05. The third-order valence-corrected chi connectivity index (χ3v) is 3.49. The van der Waals surface area contributed by atoms with E-state index < -0.39 is 22.0 Å². The van der Waals surface area contributed by atoms with E-state index in [4.69, 9.17) is 5.11 Å². The van der Waals surface area contributed by atoms with Crippen LogP contribution in [-0.2, 0) is 14.8 Å². The fourth-order valence-corrected chi connectivity index (χ4v) is 1.54. The first-order valence-electron chi connectivity index (χ1n) is 4.60. The van der Waals surface area contributed by atoms with Gasteiger partial charge in [0.15, 0.2) is 0 Å². The SMILES string of the molecule is CN[C@@H](CCCN(C)S(C)(=O)=O)C(=O)O. The summed E-state index contributed by atoms with van der Waals surface area (Å²) in [5.41, 5.74) is 0. The minimum Gasteiger partial charge on any atom is -0.480 e. The van der Waals surface area contributed by atoms with Gasteiger partial charge in [0.1, 0.15) is 6.04 Å². The molecule has 15 heavy (non-hydrogen) atoms. The average molecular weight is 238 g/mol. The standard InChI is InChI=1S/C8H18N2O4S/c1-9-7(8(11)12)5-4-6-10(2)15(3,13)14/h7,9H,4-6H2,1-3H3,(H,11,12)/t7-/m0/s1. The molecule has 0 aromatic carbocycles. The molecule has 0 unspecified atom stereocenters. The van der Waals surface area contributed by atoms with Crippen LogP contribution >= 0.6 is 0 Å². The van der Waals surface area contributed by atoms with E-state index >= 15 is 0 Å². The van der Waals surface area contributed by atoms with Crippen LogP contribution in [0.25, 0.3) is 0 Å². The number of nitrogens with one attached hydrogen (secondary N) is 1. The van der Waals surface area contributed by atoms with Crippen molar-refractivity contribution in [1.29, 1.82) is 0 Å². The normalized spacial score (nSPS) is 14.1. The maximum atomic E-state index is 11.0. The molecule has 1 atom stereocenters. The van der Waals surface area contributed by atoms with Gasteiger partial charge in [-0.2, -0.15) is 0 Å². The Hall–Kier alpha value is -0.660. The molecule has 0 aromatic heterocycles. The highest BCUT2D eigenvalue weighted by atomic mass is 32.2. The summed E-state index contributed by atoms with van der Waals surface area (Å²) in [6, 6.07) is -0.613. The Balaban J connectivity index is 3.94. The number of hydrogen-bond acceptors (Lipinski definition) is 4. The summed E-state index contributed by atoms with van der Waals surface area (Å²) < 4.78 is 23.2. The molecule has 0 aliphatic heterocycles. The van der Waals surface area contributed by atoms with Gasteiger partial charge in [0.05, 0.1) is 6.26 Å². The lowest BCUT2D eigenvalue weighted by atomic mass is 10.1. The number of carbonyl (C=O) groups is 1. The van der Waals surface area contributed by atoms with Crippen molar-refractivity contribution in [2.45, 2.75) is 18.9 Å². The zero-order chi connectivity index (χ0) is 12.1. The van der Waals surface area contributed by atoms with Gasteiger partial charge in [-0.3, -0.25) is 4.79 Å². The minimum absolute atomic E-state index is 0.338. The smallest absolute Gasteiger partial charge is 0.320 e. The predicted octanol–water partition coefficient (Wildman–Crippen LogP) is -0.669. The number of likely N-dealkylation sites (N-methyl/N-ethyl adjacent to an activating group) is 1. The number of rotatable bonds is 7. The summed E-state index contributed by atoms with van der Waals surface area (Å²) in [6.45, 7) is 0.338. The van der Waals surface area contributed by atoms with Crippen LogP contribution in [-0.4, -0.2) is 56.7 Å². The molecule has 0 saturated carbocycles. The minimum atomic E-state index is -3.16. The Labute approximate surface area is 90.3 Å². The molecule has 0 saturated heterocycles. The first kappa shape index (κ1) is 14.3. The quantitative estimate of drug-likeness (QED) is 0.614. The van der Waals surface area contributed by atoms with Gasteiger partial charge in [0.2, 0.25) is 10.0 Å². The number of hydrogen-bond donors (Lipinski definition) is 2. The van der Waals surface area contributed by atoms with Gasteiger partial charge in [0, 0.05) is 13.6 Å². The van der Waals surface area contributed by atoms with E-state index in [0.717, 1.165) is 6.26 Å². The molecule has 0 rings (SSSR count). The van der Waals surface area contributed by atoms with Gasteiger partial charge < -0.3 is 10.4 Å². The van der Waals surface area contributed by atoms with E-state index in [1.165, 1.54) is 11.4 Å². The van der Waals surface area contributed by atoms with Gasteiger partial charge in [-0.05, 0) is 19.9 Å². The van der Waals surface area contributed by atoms with Crippen LogP contribution in [0.15, 0.2) is 0 Å². The first-order chi connectivity index (χ1) is 6.79. The third kappa shape index (κ3) is 5.71. The lowest BCUT2D eigenvalue weighted by molar-refractivity contribution is -0.139. The largest absolute Gasteiger partial charge is 0.480 e. The van der Waals surface area contributed by atoms with E-state index in [0.29, 0.717) is 19.4 Å². The summed E-state index contributed by atoms with van der Waals surface area (Å²) in [7, 11) is -0.117. The van der Waals surface area contributed by atoms with Crippen molar-refractivity contribution in [1.82, 2.24) is 9.62 Å². The molecule has 2 N–H and O–H groups in total. The Morgan fingerprint density at radius 1 is 1.53 bits per heavy atom. The molecule has 0 heterocycles. The monoisotopic (exact) mass is 238 g/mol. The molecule has 7 heteroatoms. The van der Waals surface area contributed by atoms with Gasteiger partial charge in [-0.1, -0.05) is 0 Å². The Kier molecular flexibility index (Phi) is 5.77. The number of sulfonamides is 1. The van der Waals surface area contributed by atoms with Crippen molar-refractivity contribution < 1.29 is 18.3 Å². The second-order valence-corrected chi connectivity index (χ2v) is 5.50. The van der Waals surface area contributed by atoms with E-state index in [1.54, 1.807) is 7.05 Å². The number of aliphatic carboxylic acids is 1. The second kappa shape index (κ2) is 6.04. The van der Waals surface area contributed by atoms with E-state index in [9.17, 15) is 13.2 Å². The summed E-state index contributed by atoms with van der Waals surface area (Å²) in [5, 5.41) is 11.4. The highest BCUT2D eigenvalue weighted by Gasteiger charge is 2.16. The predicted molar refractivity (Wildman–Crippen MR) is 57.2 cm³/mol. The van der Waals surface area contributed by atoms with Crippen molar-refractivity contribution in [2.24, 2.45) is 0 Å². The second-order valence-electron chi connectivity index (χ2n) is 3.41. The topological polar surface area (TPSA) is 86.7 Å². The van der Waals surface area contributed by atoms with E-state index in [1.807, 2.05) is 0 Å². The zero-order valence-corrected chi connectivity index (χ0v) is 10.0. The zero-order valence-electron chi connectivity index (χ0n) is 9.23. The lowest BCUT2D eigenvalue weighted by Crippen LogP contribution is -2.35. The highest BCUT2D eigenvalue weighted by Crippen LogP contribution is 2.01. The van der Waals surface area contributed by atoms with Crippen molar-refractivity contribution >= 4 is 16.0 Å². The van der Waals surface area contributed by atoms with Crippen molar-refractivity contribution in [3.63, 3.8) is 0 Å². The van der Waals surface area contributed by atoms with Crippen LogP contribution < -0.4 is 5.32 Å². The number of carboxylic acid groups (broad SMARTS) is 1. The van der Waals surface area contributed by atoms with Crippen LogP contribution in [0.1, 0.15) is 12.8 Å². The Morgan fingerprint density at radius 3 is 2.40 bits per heavy atom. The van der Waals surface area contributed by atoms with Crippen LogP contribution in [0, 0.1) is 0 Å². The molecule has 0 aromatic rings. The number of nitrogens with zero attached hydrogens (tertiary/aromatic N) is 1. The van der Waals surface area contributed by atoms with E-state index in [2.05, 4.69) is 5.32 Å². The molecule has 0 aliphatic rings. The molecular formula is C8H18N2O4S. The molecular weight excluding hydrogens is 220 g/mol. The summed E-state index contributed by atoms with van der Waals surface area (Å²) in [4.78, 5) is 10.6. The van der Waals surface area contributed by atoms with Gasteiger partial charge in [0.25, 0.3) is 0 Å². The molecule has 90 valence electrons. The van der Waals surface area contributed by atoms with Gasteiger partial charge in [-0.15, -0.1) is 0 Å². The van der Waals surface area contributed by atoms with Crippen LogP contribution in [0.5, 0.6) is 0 Å². The Bertz CT molecular complexity index is 302. The average Bonchev–Trinajstić information content (AvgIpc) is 2.09. The van der Waals surface area contributed by atoms with E-state index in [-0.39, 0.29) is 0 Å². The molecule has 0 spiro atoms. The highest BCUT2D eigenvalue weighted by molar-refractivity contribution is 7.88. The molecule has 0 radical (unpaired) electrons. The van der Waals surface area contributed by atoms with Gasteiger partial charge in [-0.25, -0.2) is 12.7 Å². The maximum Gasteiger partial charge on any atom is 0.320 e. The van der Waals surface area contributed by atoms with Crippen molar-refractivity contribution in [2.75, 3.05) is 26.9 Å². The van der Waals surface area contributed by atoms with Gasteiger partial charge >= 0.3 is 5.97 Å².